The van der Waals surface area contributed by atoms with Crippen LogP contribution in [0.2, 0.25) is 0 Å². The highest BCUT2D eigenvalue weighted by Crippen LogP contribution is 2.36. The quantitative estimate of drug-likeness (QED) is 0.461. The third-order valence-corrected chi connectivity index (χ3v) is 6.19. The van der Waals surface area contributed by atoms with Gasteiger partial charge in [0, 0.05) is 28.9 Å². The van der Waals surface area contributed by atoms with Gasteiger partial charge < -0.3 is 25.2 Å². The molecule has 10 heteroatoms. The van der Waals surface area contributed by atoms with Crippen LogP contribution >= 0.6 is 0 Å². The van der Waals surface area contributed by atoms with Gasteiger partial charge in [0.25, 0.3) is 5.91 Å². The first-order valence-corrected chi connectivity index (χ1v) is 11.9. The number of rotatable bonds is 6. The minimum Gasteiger partial charge on any atom is -0.478 e. The van der Waals surface area contributed by atoms with Crippen LogP contribution in [-0.2, 0) is 11.2 Å². The normalized spacial score (nSPS) is 14.4. The van der Waals surface area contributed by atoms with Gasteiger partial charge in [0.05, 0.1) is 11.1 Å². The number of nitrogens with one attached hydrogen (secondary N) is 2. The zero-order valence-corrected chi connectivity index (χ0v) is 20.6. The van der Waals surface area contributed by atoms with E-state index in [1.807, 2.05) is 31.2 Å². The van der Waals surface area contributed by atoms with Crippen LogP contribution in [0, 0.1) is 0 Å². The molecule has 2 heterocycles. The Kier molecular flexibility index (Phi) is 6.61. The van der Waals surface area contributed by atoms with E-state index in [1.165, 1.54) is 25.1 Å². The Morgan fingerprint density at radius 1 is 0.947 bits per heavy atom. The van der Waals surface area contributed by atoms with Crippen LogP contribution < -0.4 is 20.1 Å². The minimum atomic E-state index is -1.22. The smallest absolute Gasteiger partial charge is 0.336 e. The molecule has 3 aromatic rings. The molecular formula is C28H24N4O6. The van der Waals surface area contributed by atoms with E-state index in [0.717, 1.165) is 22.4 Å². The highest BCUT2D eigenvalue weighted by molar-refractivity contribution is 6.15. The van der Waals surface area contributed by atoms with Gasteiger partial charge in [-0.25, -0.2) is 4.79 Å². The summed E-state index contributed by atoms with van der Waals surface area (Å²) in [6, 6.07) is 15.9. The Morgan fingerprint density at radius 3 is 2.34 bits per heavy atom. The van der Waals surface area contributed by atoms with E-state index in [0.29, 0.717) is 29.3 Å². The van der Waals surface area contributed by atoms with Gasteiger partial charge in [-0.3, -0.25) is 9.59 Å². The van der Waals surface area contributed by atoms with Crippen LogP contribution in [-0.4, -0.2) is 47.1 Å². The van der Waals surface area contributed by atoms with E-state index in [9.17, 15) is 19.5 Å². The number of hydrogen-bond acceptors (Lipinski definition) is 7. The topological polar surface area (TPSA) is 139 Å². The van der Waals surface area contributed by atoms with Gasteiger partial charge >= 0.3 is 5.97 Å². The van der Waals surface area contributed by atoms with E-state index < -0.39 is 23.8 Å². The van der Waals surface area contributed by atoms with Crippen molar-refractivity contribution in [2.45, 2.75) is 26.3 Å². The summed E-state index contributed by atoms with van der Waals surface area (Å²) >= 11 is 0. The molecule has 3 N–H and O–H groups in total. The van der Waals surface area contributed by atoms with E-state index in [-0.39, 0.29) is 17.9 Å². The van der Waals surface area contributed by atoms with Crippen molar-refractivity contribution in [3.63, 3.8) is 0 Å². The lowest BCUT2D eigenvalue weighted by Gasteiger charge is -2.15. The highest BCUT2D eigenvalue weighted by Gasteiger charge is 2.24. The Bertz CT molecular complexity index is 1510. The molecule has 0 saturated carbocycles. The summed E-state index contributed by atoms with van der Waals surface area (Å²) in [5, 5.41) is 23.4. The van der Waals surface area contributed by atoms with Crippen LogP contribution in [0.5, 0.6) is 11.5 Å². The molecule has 0 saturated heterocycles. The SMILES string of the molecule is CC1=NN=C(c2ccc(NC(=O)C(C)NC(=O)c3ccccc3C(=O)O)cc2)c2cc3c(cc2C1)OCO3. The minimum absolute atomic E-state index is 0.0195. The summed E-state index contributed by atoms with van der Waals surface area (Å²) in [7, 11) is 0. The summed E-state index contributed by atoms with van der Waals surface area (Å²) in [5.41, 5.74) is 4.62. The first-order valence-electron chi connectivity index (χ1n) is 11.9. The van der Waals surface area contributed by atoms with Crippen molar-refractivity contribution >= 4 is 34.9 Å². The molecule has 0 aliphatic carbocycles. The summed E-state index contributed by atoms with van der Waals surface area (Å²) in [6.45, 7) is 3.61. The fourth-order valence-electron chi connectivity index (χ4n) is 4.23. The zero-order chi connectivity index (χ0) is 26.8. The molecule has 0 bridgehead atoms. The van der Waals surface area contributed by atoms with Crippen molar-refractivity contribution in [1.29, 1.82) is 0 Å². The number of carbonyl (C=O) groups is 3. The number of carboxylic acid groups (broad SMARTS) is 1. The number of anilines is 1. The summed E-state index contributed by atoms with van der Waals surface area (Å²) in [5.74, 6) is -0.975. The van der Waals surface area contributed by atoms with Crippen LogP contribution in [0.1, 0.15) is 51.3 Å². The summed E-state index contributed by atoms with van der Waals surface area (Å²) in [6.07, 6.45) is 0.633. The lowest BCUT2D eigenvalue weighted by atomic mass is 9.94. The van der Waals surface area contributed by atoms with E-state index in [4.69, 9.17) is 9.47 Å². The van der Waals surface area contributed by atoms with Crippen LogP contribution in [0.15, 0.2) is 70.9 Å². The van der Waals surface area contributed by atoms with Crippen molar-refractivity contribution in [3.05, 3.63) is 88.5 Å². The van der Waals surface area contributed by atoms with Gasteiger partial charge in [0.15, 0.2) is 11.5 Å². The Hall–Kier alpha value is -4.99. The van der Waals surface area contributed by atoms with Crippen molar-refractivity contribution < 1.29 is 29.0 Å². The van der Waals surface area contributed by atoms with Gasteiger partial charge in [-0.2, -0.15) is 5.10 Å². The second kappa shape index (κ2) is 10.2. The number of carboxylic acids is 1. The predicted octanol–water partition coefficient (Wildman–Crippen LogP) is 3.64. The molecule has 10 nitrogen and oxygen atoms in total. The molecule has 0 fully saturated rings. The number of fused-ring (bicyclic) bond motifs is 2. The van der Waals surface area contributed by atoms with Crippen LogP contribution in [0.4, 0.5) is 5.69 Å². The Morgan fingerprint density at radius 2 is 1.63 bits per heavy atom. The lowest BCUT2D eigenvalue weighted by Crippen LogP contribution is -2.42. The maximum absolute atomic E-state index is 12.7. The number of benzene rings is 3. The summed E-state index contributed by atoms with van der Waals surface area (Å²) in [4.78, 5) is 36.7. The molecule has 3 aromatic carbocycles. The van der Waals surface area contributed by atoms with Gasteiger partial charge in [-0.05, 0) is 55.8 Å². The van der Waals surface area contributed by atoms with Crippen molar-refractivity contribution in [3.8, 4) is 11.5 Å². The van der Waals surface area contributed by atoms with E-state index in [1.54, 1.807) is 18.2 Å². The predicted molar refractivity (Wildman–Crippen MR) is 140 cm³/mol. The molecule has 192 valence electrons. The number of amides is 2. The van der Waals surface area contributed by atoms with E-state index >= 15 is 0 Å². The number of nitrogens with zero attached hydrogens (tertiary/aromatic N) is 2. The molecule has 2 aliphatic rings. The van der Waals surface area contributed by atoms with Gasteiger partial charge in [0.1, 0.15) is 11.8 Å². The Labute approximate surface area is 218 Å². The molecular weight excluding hydrogens is 488 g/mol. The maximum atomic E-state index is 12.7. The first kappa shape index (κ1) is 24.7. The van der Waals surface area contributed by atoms with Crippen LogP contribution in [0.3, 0.4) is 0 Å². The highest BCUT2D eigenvalue weighted by atomic mass is 16.7. The van der Waals surface area contributed by atoms with Crippen molar-refractivity contribution in [2.24, 2.45) is 10.2 Å². The first-order chi connectivity index (χ1) is 18.3. The fraction of sp³-hybridized carbons (Fsp3) is 0.179. The van der Waals surface area contributed by atoms with Gasteiger partial charge in [-0.1, -0.05) is 24.3 Å². The maximum Gasteiger partial charge on any atom is 0.336 e. The second-order valence-electron chi connectivity index (χ2n) is 8.94. The Balaban J connectivity index is 1.30. The zero-order valence-electron chi connectivity index (χ0n) is 20.6. The molecule has 0 radical (unpaired) electrons. The molecule has 0 aromatic heterocycles. The molecule has 1 atom stereocenters. The number of carbonyl (C=O) groups excluding carboxylic acids is 2. The molecule has 0 spiro atoms. The molecule has 1 unspecified atom stereocenters. The number of aromatic carboxylic acids is 1. The molecule has 2 aliphatic heterocycles. The molecule has 5 rings (SSSR count). The number of hydrogen-bond donors (Lipinski definition) is 3. The standard InChI is InChI=1S/C28H24N4O6/c1-15-11-18-12-23-24(38-14-37-23)13-22(18)25(32-31-15)17-7-9-19(10-8-17)30-26(33)16(2)29-27(34)20-5-3-4-6-21(20)28(35)36/h3-10,12-13,16H,11,14H2,1-2H3,(H,29,34)(H,30,33)(H,35,36). The average Bonchev–Trinajstić information content (AvgIpc) is 3.30. The largest absolute Gasteiger partial charge is 0.478 e. The third-order valence-electron chi connectivity index (χ3n) is 6.19. The second-order valence-corrected chi connectivity index (χ2v) is 8.94. The summed E-state index contributed by atoms with van der Waals surface area (Å²) < 4.78 is 11.1. The van der Waals surface area contributed by atoms with Gasteiger partial charge in [0.2, 0.25) is 12.7 Å². The fourth-order valence-corrected chi connectivity index (χ4v) is 4.23. The monoisotopic (exact) mass is 512 g/mol. The van der Waals surface area contributed by atoms with Crippen molar-refractivity contribution in [2.75, 3.05) is 12.1 Å². The van der Waals surface area contributed by atoms with Crippen molar-refractivity contribution in [1.82, 2.24) is 5.32 Å². The number of ether oxygens (including phenoxy) is 2. The molecule has 38 heavy (non-hydrogen) atoms. The molecule has 2 amide bonds. The van der Waals surface area contributed by atoms with Gasteiger partial charge in [-0.15, -0.1) is 5.10 Å². The average molecular weight is 513 g/mol. The van der Waals surface area contributed by atoms with E-state index in [2.05, 4.69) is 20.8 Å². The third kappa shape index (κ3) is 4.96. The van der Waals surface area contributed by atoms with Crippen LogP contribution in [0.25, 0.3) is 0 Å². The lowest BCUT2D eigenvalue weighted by molar-refractivity contribution is -0.117.